The highest BCUT2D eigenvalue weighted by Gasteiger charge is 2.60. The smallest absolute Gasteiger partial charge is 0.133 e. The molecule has 8 atom stereocenters. The van der Waals surface area contributed by atoms with Crippen LogP contribution in [0.4, 0.5) is 0 Å². The van der Waals surface area contributed by atoms with Gasteiger partial charge in [-0.15, -0.1) is 0 Å². The zero-order chi connectivity index (χ0) is 18.0. The number of aliphatic hydroxyl groups is 1. The summed E-state index contributed by atoms with van der Waals surface area (Å²) in [5, 5.41) is 9.90. The maximum atomic E-state index is 12.2. The van der Waals surface area contributed by atoms with Crippen molar-refractivity contribution in [3.63, 3.8) is 0 Å². The van der Waals surface area contributed by atoms with E-state index in [2.05, 4.69) is 20.4 Å². The number of carbonyl (C=O) groups excluding carboxylic acids is 1. The molecule has 0 bridgehead atoms. The number of ketones is 1. The summed E-state index contributed by atoms with van der Waals surface area (Å²) in [4.78, 5) is 12.2. The predicted octanol–water partition coefficient (Wildman–Crippen LogP) is 5.92. The van der Waals surface area contributed by atoms with Crippen molar-refractivity contribution in [3.05, 3.63) is 12.3 Å². The van der Waals surface area contributed by atoms with Crippen LogP contribution in [-0.4, -0.2) is 10.9 Å². The first-order chi connectivity index (χ1) is 11.8. The van der Waals surface area contributed by atoms with Gasteiger partial charge < -0.3 is 5.11 Å². The molecule has 0 amide bonds. The Morgan fingerprint density at radius 2 is 1.64 bits per heavy atom. The maximum absolute atomic E-state index is 12.2. The van der Waals surface area contributed by atoms with Crippen molar-refractivity contribution in [2.45, 2.75) is 78.6 Å². The van der Waals surface area contributed by atoms with Gasteiger partial charge in [-0.05, 0) is 99.2 Å². The van der Waals surface area contributed by atoms with Gasteiger partial charge >= 0.3 is 0 Å². The Labute approximate surface area is 153 Å². The number of hydrogen-bond donors (Lipinski definition) is 1. The van der Waals surface area contributed by atoms with E-state index in [1.165, 1.54) is 38.5 Å². The van der Waals surface area contributed by atoms with E-state index in [0.29, 0.717) is 28.8 Å². The topological polar surface area (TPSA) is 37.3 Å². The number of allylic oxidation sites excluding steroid dienone is 1. The average Bonchev–Trinajstić information content (AvgIpc) is 2.91. The van der Waals surface area contributed by atoms with Crippen LogP contribution in [0.5, 0.6) is 0 Å². The molecule has 0 unspecified atom stereocenters. The molecule has 4 aliphatic carbocycles. The van der Waals surface area contributed by atoms with Crippen molar-refractivity contribution < 1.29 is 9.90 Å². The summed E-state index contributed by atoms with van der Waals surface area (Å²) in [6, 6.07) is 0. The van der Waals surface area contributed by atoms with Crippen LogP contribution < -0.4 is 0 Å². The van der Waals surface area contributed by atoms with Gasteiger partial charge in [-0.2, -0.15) is 0 Å². The molecule has 0 aromatic heterocycles. The lowest BCUT2D eigenvalue weighted by molar-refractivity contribution is -0.135. The van der Waals surface area contributed by atoms with Crippen LogP contribution >= 0.6 is 0 Å². The number of aliphatic hydroxyl groups excluding tert-OH is 1. The molecule has 4 rings (SSSR count). The van der Waals surface area contributed by atoms with Crippen LogP contribution in [0.15, 0.2) is 12.3 Å². The molecule has 140 valence electrons. The molecule has 0 heterocycles. The number of hydrogen-bond acceptors (Lipinski definition) is 2. The molecular weight excluding hydrogens is 308 g/mol. The van der Waals surface area contributed by atoms with E-state index in [-0.39, 0.29) is 5.41 Å². The summed E-state index contributed by atoms with van der Waals surface area (Å²) in [5.41, 5.74) is 0.720. The molecule has 0 aromatic rings. The molecule has 1 N–H and O–H groups in total. The van der Waals surface area contributed by atoms with Gasteiger partial charge in [0, 0.05) is 11.8 Å². The molecule has 4 saturated carbocycles. The third-order valence-electron chi connectivity index (χ3n) is 9.63. The summed E-state index contributed by atoms with van der Waals surface area (Å²) in [6.45, 7) is 10.6. The van der Waals surface area contributed by atoms with Crippen LogP contribution in [0.2, 0.25) is 0 Å². The Balaban J connectivity index is 1.58. The molecule has 0 aliphatic heterocycles. The second kappa shape index (κ2) is 5.86. The molecule has 2 nitrogen and oxygen atoms in total. The monoisotopic (exact) mass is 344 g/mol. The lowest BCUT2D eigenvalue weighted by Crippen LogP contribution is -2.53. The zero-order valence-corrected chi connectivity index (χ0v) is 16.4. The fourth-order valence-electron chi connectivity index (χ4n) is 8.23. The first-order valence-corrected chi connectivity index (χ1v) is 10.7. The Kier molecular flexibility index (Phi) is 4.13. The van der Waals surface area contributed by atoms with E-state index in [0.717, 1.165) is 42.9 Å². The fraction of sp³-hybridized carbons (Fsp3) is 0.870. The largest absolute Gasteiger partial charge is 0.513 e. The van der Waals surface area contributed by atoms with Gasteiger partial charge in [0.25, 0.3) is 0 Å². The van der Waals surface area contributed by atoms with Crippen molar-refractivity contribution >= 4 is 5.78 Å². The number of carbonyl (C=O) groups is 1. The predicted molar refractivity (Wildman–Crippen MR) is 101 cm³/mol. The average molecular weight is 345 g/mol. The molecule has 25 heavy (non-hydrogen) atoms. The third-order valence-corrected chi connectivity index (χ3v) is 9.63. The molecule has 2 heteroatoms. The summed E-state index contributed by atoms with van der Waals surface area (Å²) >= 11 is 0. The number of Topliss-reactive ketones (excluding diaryl/α,β-unsaturated/α-hetero) is 1. The Morgan fingerprint density at radius 3 is 2.32 bits per heavy atom. The lowest BCUT2D eigenvalue weighted by atomic mass is 9.44. The van der Waals surface area contributed by atoms with Crippen molar-refractivity contribution in [1.82, 2.24) is 0 Å². The Bertz CT molecular complexity index is 581. The van der Waals surface area contributed by atoms with Gasteiger partial charge in [0.1, 0.15) is 5.78 Å². The van der Waals surface area contributed by atoms with Gasteiger partial charge in [0.15, 0.2) is 0 Å². The van der Waals surface area contributed by atoms with Crippen LogP contribution in [0, 0.1) is 46.3 Å². The molecule has 0 spiro atoms. The molecule has 4 fully saturated rings. The van der Waals surface area contributed by atoms with E-state index in [1.54, 1.807) is 0 Å². The highest BCUT2D eigenvalue weighted by molar-refractivity contribution is 5.79. The summed E-state index contributed by atoms with van der Waals surface area (Å²) in [5.74, 6) is 4.69. The summed E-state index contributed by atoms with van der Waals surface area (Å²) in [6.07, 6.45) is 11.2. The minimum Gasteiger partial charge on any atom is -0.513 e. The Hall–Kier alpha value is -0.790. The minimum atomic E-state index is 0.271. The van der Waals surface area contributed by atoms with Crippen LogP contribution in [0.3, 0.4) is 0 Å². The highest BCUT2D eigenvalue weighted by atomic mass is 16.3. The summed E-state index contributed by atoms with van der Waals surface area (Å²) < 4.78 is 0. The first kappa shape index (κ1) is 17.6. The number of fused-ring (bicyclic) bond motifs is 5. The zero-order valence-electron chi connectivity index (χ0n) is 16.4. The molecule has 0 radical (unpaired) electrons. The van der Waals surface area contributed by atoms with Crippen LogP contribution in [-0.2, 0) is 4.79 Å². The van der Waals surface area contributed by atoms with Crippen molar-refractivity contribution in [1.29, 1.82) is 0 Å². The number of rotatable bonds is 2. The maximum Gasteiger partial charge on any atom is 0.133 e. The van der Waals surface area contributed by atoms with E-state index in [9.17, 15) is 9.90 Å². The van der Waals surface area contributed by atoms with E-state index in [4.69, 9.17) is 0 Å². The van der Waals surface area contributed by atoms with E-state index >= 15 is 0 Å². The van der Waals surface area contributed by atoms with Gasteiger partial charge in [-0.3, -0.25) is 4.79 Å². The highest BCUT2D eigenvalue weighted by Crippen LogP contribution is 2.67. The van der Waals surface area contributed by atoms with Crippen LogP contribution in [0.1, 0.15) is 78.6 Å². The standard InChI is InChI=1S/C23H36O2/c1-14(24)16-9-11-22(3)17(13-16)5-6-18-20-8-7-19(15(2)25)23(20,4)12-10-21(18)22/h16-21,24H,1,5-13H2,2-4H3/t16-,17+,18-,19+,20-,21-,22-,23+/m0/s1. The van der Waals surface area contributed by atoms with Gasteiger partial charge in [-0.25, -0.2) is 0 Å². The van der Waals surface area contributed by atoms with E-state index in [1.807, 2.05) is 6.92 Å². The molecule has 0 saturated heterocycles. The quantitative estimate of drug-likeness (QED) is 0.631. The van der Waals surface area contributed by atoms with E-state index < -0.39 is 0 Å². The minimum absolute atomic E-state index is 0.271. The lowest BCUT2D eigenvalue weighted by Gasteiger charge is -2.61. The first-order valence-electron chi connectivity index (χ1n) is 10.7. The third kappa shape index (κ3) is 2.46. The molecule has 0 aromatic carbocycles. The molecular formula is C23H36O2. The SMILES string of the molecule is C=C(O)[C@H]1CC[C@@]2(C)[C@H](CC[C@@H]3[C@@H]2CC[C@]2(C)[C@@H](C(C)=O)CC[C@@H]32)C1. The van der Waals surface area contributed by atoms with Crippen LogP contribution in [0.25, 0.3) is 0 Å². The van der Waals surface area contributed by atoms with Crippen molar-refractivity contribution in [2.75, 3.05) is 0 Å². The second-order valence-electron chi connectivity index (χ2n) is 10.4. The van der Waals surface area contributed by atoms with Gasteiger partial charge in [-0.1, -0.05) is 20.4 Å². The fourth-order valence-corrected chi connectivity index (χ4v) is 8.23. The molecule has 4 aliphatic rings. The Morgan fingerprint density at radius 1 is 0.960 bits per heavy atom. The second-order valence-corrected chi connectivity index (χ2v) is 10.4. The van der Waals surface area contributed by atoms with Crippen molar-refractivity contribution in [2.24, 2.45) is 46.3 Å². The van der Waals surface area contributed by atoms with Gasteiger partial charge in [0.2, 0.25) is 0 Å². The van der Waals surface area contributed by atoms with Crippen molar-refractivity contribution in [3.8, 4) is 0 Å². The van der Waals surface area contributed by atoms with Gasteiger partial charge in [0.05, 0.1) is 5.76 Å². The summed E-state index contributed by atoms with van der Waals surface area (Å²) in [7, 11) is 0. The normalized spacial score (nSPS) is 52.0.